The summed E-state index contributed by atoms with van der Waals surface area (Å²) in [4.78, 5) is 0. The fourth-order valence-corrected chi connectivity index (χ4v) is 7.83. The summed E-state index contributed by atoms with van der Waals surface area (Å²) in [7, 11) is -3.48. The van der Waals surface area contributed by atoms with Crippen LogP contribution in [0.15, 0.2) is 18.2 Å². The third-order valence-corrected chi connectivity index (χ3v) is 8.64. The van der Waals surface area contributed by atoms with E-state index in [0.717, 1.165) is 18.0 Å². The molecule has 1 atom stereocenters. The van der Waals surface area contributed by atoms with Crippen LogP contribution in [0.1, 0.15) is 27.7 Å². The molecule has 1 N–H and O–H groups in total. The summed E-state index contributed by atoms with van der Waals surface area (Å²) in [6, 6.07) is 6.66. The zero-order valence-electron chi connectivity index (χ0n) is 17.5. The Labute approximate surface area is 197 Å². The van der Waals surface area contributed by atoms with Crippen molar-refractivity contribution in [2.45, 2.75) is 59.4 Å². The van der Waals surface area contributed by atoms with Crippen molar-refractivity contribution >= 4 is 43.5 Å². The Morgan fingerprint density at radius 1 is 1.15 bits per heavy atom. The number of fused-ring (bicyclic) bond motifs is 3. The van der Waals surface area contributed by atoms with E-state index in [4.69, 9.17) is 8.85 Å². The Balaban J connectivity index is 0.00000225. The molecule has 0 spiro atoms. The third kappa shape index (κ3) is 5.46. The van der Waals surface area contributed by atoms with E-state index in [0.29, 0.717) is 0 Å². The van der Waals surface area contributed by atoms with Crippen molar-refractivity contribution in [1.82, 2.24) is 0 Å². The average molecular weight is 523 g/mol. The molecule has 3 nitrogen and oxygen atoms in total. The van der Waals surface area contributed by atoms with Crippen molar-refractivity contribution in [1.29, 1.82) is 0 Å². The molecule has 2 aromatic carbocycles. The number of hydrogen-bond donors (Lipinski definition) is 1. The first-order valence-corrected chi connectivity index (χ1v) is 14.7. The number of hydrogen-bond acceptors (Lipinski definition) is 3. The van der Waals surface area contributed by atoms with Gasteiger partial charge in [0.2, 0.25) is 8.32 Å². The molecule has 0 fully saturated rings. The van der Waals surface area contributed by atoms with Crippen molar-refractivity contribution in [2.75, 3.05) is 11.9 Å². The van der Waals surface area contributed by atoms with Crippen LogP contribution >= 0.6 is 0 Å². The van der Waals surface area contributed by atoms with E-state index < -0.39 is 16.6 Å². The molecule has 1 aliphatic rings. The zero-order chi connectivity index (χ0) is 17.9. The molecule has 1 unspecified atom stereocenters. The SMILES string of the molecule is CCO[Si]1(C)c2[cH-]c3ccc(O[Si](C)(C)C)c(NC(C)(C)C)c3c21.[Cl-].[Cl-].[Zr+3]. The van der Waals surface area contributed by atoms with Gasteiger partial charge in [-0.1, -0.05) is 6.07 Å². The Bertz CT molecular complexity index is 800. The Hall–Kier alpha value is 0.287. The fourth-order valence-electron chi connectivity index (χ4n) is 3.46. The van der Waals surface area contributed by atoms with Gasteiger partial charge >= 0.3 is 26.2 Å². The van der Waals surface area contributed by atoms with Gasteiger partial charge in [-0.15, -0.1) is 33.3 Å². The molecule has 3 rings (SSSR count). The molecule has 1 aliphatic heterocycles. The molecular formula is C19H30Cl2NO2Si2Zr. The van der Waals surface area contributed by atoms with Gasteiger partial charge in [-0.2, -0.15) is 0 Å². The molecular weight excluding hydrogens is 493 g/mol. The molecule has 0 bridgehead atoms. The van der Waals surface area contributed by atoms with Crippen molar-refractivity contribution in [3.05, 3.63) is 18.2 Å². The first-order chi connectivity index (χ1) is 11.0. The molecule has 1 radical (unpaired) electrons. The predicted molar refractivity (Wildman–Crippen MR) is 109 cm³/mol. The molecule has 149 valence electrons. The standard InChI is InChI=1S/C19H30NO2Si2.2ClH.Zr/c1-9-21-24(8)15-12-13-10-11-14(22-23(5,6)7)17(16(13)18(15)24)20-19(2,3)4;;;/h10-12,20H,9H2,1-8H3;2*1H;/q-1;;;+3/p-2. The van der Waals surface area contributed by atoms with Crippen molar-refractivity contribution in [3.8, 4) is 5.75 Å². The first-order valence-electron chi connectivity index (χ1n) is 8.85. The number of rotatable bonds is 5. The van der Waals surface area contributed by atoms with E-state index in [-0.39, 0.29) is 56.6 Å². The molecule has 0 saturated heterocycles. The van der Waals surface area contributed by atoms with E-state index in [2.05, 4.69) is 77.4 Å². The monoisotopic (exact) mass is 520 g/mol. The van der Waals surface area contributed by atoms with Gasteiger partial charge in [0.05, 0.1) is 0 Å². The van der Waals surface area contributed by atoms with Gasteiger partial charge in [0, 0.05) is 17.8 Å². The van der Waals surface area contributed by atoms with Crippen LogP contribution in [0.4, 0.5) is 5.69 Å². The van der Waals surface area contributed by atoms with Gasteiger partial charge in [0.15, 0.2) is 8.32 Å². The maximum atomic E-state index is 6.41. The van der Waals surface area contributed by atoms with Crippen LogP contribution in [0.5, 0.6) is 5.75 Å². The van der Waals surface area contributed by atoms with Crippen molar-refractivity contribution in [2.24, 2.45) is 0 Å². The normalized spacial score (nSPS) is 17.9. The van der Waals surface area contributed by atoms with Crippen LogP contribution in [-0.2, 0) is 30.6 Å². The van der Waals surface area contributed by atoms with E-state index >= 15 is 0 Å². The minimum atomic E-state index is -1.80. The molecule has 27 heavy (non-hydrogen) atoms. The molecule has 1 heterocycles. The number of benzene rings is 1. The van der Waals surface area contributed by atoms with Crippen LogP contribution in [0.2, 0.25) is 26.2 Å². The average Bonchev–Trinajstić information content (AvgIpc) is 2.79. The van der Waals surface area contributed by atoms with E-state index in [9.17, 15) is 0 Å². The van der Waals surface area contributed by atoms with E-state index in [1.165, 1.54) is 21.1 Å². The molecule has 0 aliphatic carbocycles. The second-order valence-corrected chi connectivity index (χ2v) is 16.7. The van der Waals surface area contributed by atoms with Gasteiger partial charge in [-0.05, 0) is 53.9 Å². The summed E-state index contributed by atoms with van der Waals surface area (Å²) in [5, 5.41) is 9.28. The van der Waals surface area contributed by atoms with E-state index in [1.807, 2.05) is 0 Å². The summed E-state index contributed by atoms with van der Waals surface area (Å²) in [5.41, 5.74) is 1.13. The summed E-state index contributed by atoms with van der Waals surface area (Å²) in [5.74, 6) is 0.991. The topological polar surface area (TPSA) is 30.5 Å². The van der Waals surface area contributed by atoms with E-state index in [1.54, 1.807) is 0 Å². The van der Waals surface area contributed by atoms with Gasteiger partial charge in [-0.3, -0.25) is 0 Å². The molecule has 0 aromatic heterocycles. The van der Waals surface area contributed by atoms with Crippen molar-refractivity contribution < 1.29 is 59.9 Å². The summed E-state index contributed by atoms with van der Waals surface area (Å²) >= 11 is 0. The smallest absolute Gasteiger partial charge is 1.00 e. The second-order valence-electron chi connectivity index (χ2n) is 8.89. The van der Waals surface area contributed by atoms with Gasteiger partial charge in [-0.25, -0.2) is 0 Å². The van der Waals surface area contributed by atoms with Crippen molar-refractivity contribution in [3.63, 3.8) is 0 Å². The quantitative estimate of drug-likeness (QED) is 0.365. The summed E-state index contributed by atoms with van der Waals surface area (Å²) in [6.45, 7) is 18.5. The van der Waals surface area contributed by atoms with Crippen LogP contribution in [-0.4, -0.2) is 28.8 Å². The molecule has 0 saturated carbocycles. The Kier molecular flexibility index (Phi) is 9.07. The maximum absolute atomic E-state index is 6.41. The first kappa shape index (κ1) is 27.3. The Morgan fingerprint density at radius 3 is 2.22 bits per heavy atom. The number of anilines is 1. The second kappa shape index (κ2) is 8.97. The predicted octanol–water partition coefficient (Wildman–Crippen LogP) is -1.97. The molecule has 8 heteroatoms. The molecule has 0 amide bonds. The maximum Gasteiger partial charge on any atom is 3.00 e. The largest absolute Gasteiger partial charge is 3.00 e. The minimum Gasteiger partial charge on any atom is -1.00 e. The van der Waals surface area contributed by atoms with Crippen LogP contribution in [0, 0.1) is 0 Å². The van der Waals surface area contributed by atoms with Gasteiger partial charge in [0.1, 0.15) is 5.75 Å². The van der Waals surface area contributed by atoms with Gasteiger partial charge < -0.3 is 39.0 Å². The zero-order valence-corrected chi connectivity index (χ0v) is 23.5. The number of halogens is 2. The fraction of sp³-hybridized carbons (Fsp3) is 0.526. The third-order valence-electron chi connectivity index (χ3n) is 4.30. The number of nitrogens with one attached hydrogen (secondary N) is 1. The summed E-state index contributed by atoms with van der Waals surface area (Å²) in [6.07, 6.45) is 0. The van der Waals surface area contributed by atoms with Crippen LogP contribution in [0.25, 0.3) is 10.8 Å². The van der Waals surface area contributed by atoms with Gasteiger partial charge in [0.25, 0.3) is 0 Å². The minimum absolute atomic E-state index is 0. The van der Waals surface area contributed by atoms with Crippen LogP contribution in [0.3, 0.4) is 0 Å². The molecule has 2 aromatic rings. The Morgan fingerprint density at radius 2 is 1.74 bits per heavy atom. The van der Waals surface area contributed by atoms with Crippen LogP contribution < -0.4 is 44.9 Å². The summed E-state index contributed by atoms with van der Waals surface area (Å²) < 4.78 is 12.6.